The van der Waals surface area contributed by atoms with E-state index in [1.165, 1.54) is 16.8 Å². The van der Waals surface area contributed by atoms with E-state index in [0.717, 1.165) is 23.5 Å². The van der Waals surface area contributed by atoms with E-state index < -0.39 is 154 Å². The van der Waals surface area contributed by atoms with Gasteiger partial charge in [-0.1, -0.05) is 95.2 Å². The summed E-state index contributed by atoms with van der Waals surface area (Å²) in [6.45, 7) is 1.67. The Morgan fingerprint density at radius 2 is 0.553 bits per heavy atom. The molecule has 8 rings (SSSR count). The molecule has 2 nitrogen and oxygen atoms in total. The number of anilines is 1. The van der Waals surface area contributed by atoms with Crippen molar-refractivity contribution in [2.45, 2.75) is 23.7 Å². The molecule has 0 bridgehead atoms. The van der Waals surface area contributed by atoms with Crippen LogP contribution < -0.4 is 26.8 Å². The van der Waals surface area contributed by atoms with Crippen molar-refractivity contribution < 1.29 is 92.0 Å². The van der Waals surface area contributed by atoms with Crippen LogP contribution in [0.3, 0.4) is 0 Å². The second-order valence-electron chi connectivity index (χ2n) is 16.8. The normalized spacial score (nSPS) is 12.3. The molecule has 0 aromatic heterocycles. The van der Waals surface area contributed by atoms with Crippen LogP contribution in [0.25, 0.3) is 0 Å². The fourth-order valence-corrected chi connectivity index (χ4v) is 10.4. The summed E-state index contributed by atoms with van der Waals surface area (Å²) >= 11 is 0. The first-order valence-corrected chi connectivity index (χ1v) is 23.6. The standard InChI is InChI=1S/C28H28NOS.C24BF20/c1-31(30,28-15-9-4-10-16-28)23-26-17-19-27(20-18-26)29(21-24-11-5-2-6-12-24)22-25-13-7-3-8-14-25;26-5-1(6(27)14(35)21(42)13(5)34)25(2-7(28)15(36)22(43)16(37)8(2)29,3-9(30)17(38)23(44)18(39)10(3)31)4-11(32)19(40)24(45)20(41)12(4)33/h2-20H,21-23H2,1H3;/q+1;-1. The number of hydrogen-bond donors (Lipinski definition) is 0. The summed E-state index contributed by atoms with van der Waals surface area (Å²) in [4.78, 5) is 3.29. The Hall–Kier alpha value is -7.63. The van der Waals surface area contributed by atoms with Gasteiger partial charge in [0, 0.05) is 24.3 Å². The second-order valence-corrected chi connectivity index (χ2v) is 19.5. The van der Waals surface area contributed by atoms with Gasteiger partial charge in [0.05, 0.1) is 0 Å². The minimum absolute atomic E-state index is 0.550. The van der Waals surface area contributed by atoms with Gasteiger partial charge in [-0.05, 0) is 35.4 Å². The summed E-state index contributed by atoms with van der Waals surface area (Å²) in [5.74, 6) is -70.9. The smallest absolute Gasteiger partial charge is 0.200 e. The van der Waals surface area contributed by atoms with Crippen LogP contribution in [0.5, 0.6) is 0 Å². The lowest BCUT2D eigenvalue weighted by molar-refractivity contribution is 0.378. The van der Waals surface area contributed by atoms with E-state index in [1.54, 1.807) is 0 Å². The number of nitrogens with zero attached hydrogens (tertiary/aromatic N) is 1. The molecule has 0 heterocycles. The van der Waals surface area contributed by atoms with Gasteiger partial charge in [0.15, 0.2) is 74.7 Å². The molecular formula is C52H28BF20NOS. The van der Waals surface area contributed by atoms with Crippen LogP contribution in [0.2, 0.25) is 0 Å². The van der Waals surface area contributed by atoms with Gasteiger partial charge >= 0.3 is 0 Å². The molecule has 396 valence electrons. The van der Waals surface area contributed by atoms with E-state index in [-0.39, 0.29) is 0 Å². The quantitative estimate of drug-likeness (QED) is 0.0399. The summed E-state index contributed by atoms with van der Waals surface area (Å²) in [5.41, 5.74) is -9.51. The van der Waals surface area contributed by atoms with Crippen LogP contribution in [0.4, 0.5) is 93.5 Å². The molecule has 0 aliphatic heterocycles. The lowest BCUT2D eigenvalue weighted by Gasteiger charge is -2.44. The molecule has 24 heteroatoms. The summed E-state index contributed by atoms with van der Waals surface area (Å²) in [5, 5.41) is 0. The van der Waals surface area contributed by atoms with Crippen LogP contribution in [-0.2, 0) is 33.0 Å². The molecule has 0 saturated carbocycles. The number of rotatable bonds is 12. The Bertz CT molecular complexity index is 3130. The summed E-state index contributed by atoms with van der Waals surface area (Å²) in [7, 11) is -2.11. The molecule has 0 radical (unpaired) electrons. The molecule has 0 N–H and O–H groups in total. The lowest BCUT2D eigenvalue weighted by Crippen LogP contribution is -2.81. The first-order chi connectivity index (χ1) is 35.8. The predicted molar refractivity (Wildman–Crippen MR) is 241 cm³/mol. The summed E-state index contributed by atoms with van der Waals surface area (Å²) < 4.78 is 307. The maximum absolute atomic E-state index is 15.4. The van der Waals surface area contributed by atoms with Crippen LogP contribution in [0, 0.1) is 116 Å². The predicted octanol–water partition coefficient (Wildman–Crippen LogP) is 12.4. The average molecular weight is 1110 g/mol. The SMILES string of the molecule is C[S+](=O)(Cc1ccc(N(Cc2ccccc2)Cc2ccccc2)cc1)c1ccccc1.Fc1c(F)c(F)c([B-](c2c(F)c(F)c(F)c(F)c2F)(c2c(F)c(F)c(F)c(F)c2F)c2c(F)c(F)c(F)c(F)c2F)c(F)c1F. The first kappa shape index (κ1) is 56.1. The van der Waals surface area contributed by atoms with Crippen molar-refractivity contribution in [1.82, 2.24) is 0 Å². The van der Waals surface area contributed by atoms with Crippen LogP contribution in [0.15, 0.2) is 120 Å². The topological polar surface area (TPSA) is 20.3 Å². The zero-order valence-electron chi connectivity index (χ0n) is 38.0. The zero-order valence-corrected chi connectivity index (χ0v) is 38.8. The molecule has 0 aliphatic carbocycles. The van der Waals surface area contributed by atoms with Crippen molar-refractivity contribution >= 4 is 43.6 Å². The van der Waals surface area contributed by atoms with E-state index in [1.807, 2.05) is 36.6 Å². The van der Waals surface area contributed by atoms with Gasteiger partial charge in [-0.25, -0.2) is 87.8 Å². The van der Waals surface area contributed by atoms with E-state index in [9.17, 15) is 56.9 Å². The van der Waals surface area contributed by atoms with Gasteiger partial charge in [0.2, 0.25) is 0 Å². The fourth-order valence-electron chi connectivity index (χ4n) is 8.63. The van der Waals surface area contributed by atoms with Gasteiger partial charge in [-0.15, -0.1) is 21.9 Å². The van der Waals surface area contributed by atoms with Gasteiger partial charge < -0.3 is 4.90 Å². The Kier molecular flexibility index (Phi) is 16.2. The highest BCUT2D eigenvalue weighted by atomic mass is 32.2. The lowest BCUT2D eigenvalue weighted by atomic mass is 9.12. The highest BCUT2D eigenvalue weighted by Crippen LogP contribution is 2.32. The van der Waals surface area contributed by atoms with Crippen molar-refractivity contribution in [3.8, 4) is 0 Å². The van der Waals surface area contributed by atoms with Crippen LogP contribution in [0.1, 0.15) is 16.7 Å². The van der Waals surface area contributed by atoms with Crippen molar-refractivity contribution in [2.75, 3.05) is 11.2 Å². The van der Waals surface area contributed by atoms with Crippen LogP contribution >= 0.6 is 0 Å². The van der Waals surface area contributed by atoms with Gasteiger partial charge in [-0.3, -0.25) is 0 Å². The fraction of sp³-hybridized carbons (Fsp3) is 0.0769. The molecule has 1 atom stereocenters. The molecule has 76 heavy (non-hydrogen) atoms. The summed E-state index contributed by atoms with van der Waals surface area (Å²) in [6, 6.07) is 39.4. The maximum atomic E-state index is 15.4. The van der Waals surface area contributed by atoms with E-state index >= 15 is 35.1 Å². The van der Waals surface area contributed by atoms with Crippen molar-refractivity contribution in [3.63, 3.8) is 0 Å². The highest BCUT2D eigenvalue weighted by Gasteiger charge is 2.52. The average Bonchev–Trinajstić information content (AvgIpc) is 3.62. The Morgan fingerprint density at radius 3 is 0.816 bits per heavy atom. The van der Waals surface area contributed by atoms with Crippen molar-refractivity contribution in [2.24, 2.45) is 0 Å². The maximum Gasteiger partial charge on any atom is 0.200 e. The third kappa shape index (κ3) is 9.89. The number of halogens is 20. The molecule has 0 fully saturated rings. The molecule has 0 amide bonds. The second kappa shape index (κ2) is 21.9. The molecule has 8 aromatic carbocycles. The number of hydrogen-bond acceptors (Lipinski definition) is 2. The van der Waals surface area contributed by atoms with Gasteiger partial charge in [0.25, 0.3) is 0 Å². The zero-order chi connectivity index (χ0) is 55.9. The van der Waals surface area contributed by atoms with Crippen molar-refractivity contribution in [1.29, 1.82) is 0 Å². The van der Waals surface area contributed by atoms with E-state index in [2.05, 4.69) is 89.8 Å². The third-order valence-electron chi connectivity index (χ3n) is 12.1. The summed E-state index contributed by atoms with van der Waals surface area (Å²) in [6.07, 6.45) is -5.36. The first-order valence-electron chi connectivity index (χ1n) is 21.5. The van der Waals surface area contributed by atoms with Crippen molar-refractivity contribution in [3.05, 3.63) is 248 Å². The Labute approximate surface area is 417 Å². The molecule has 0 saturated heterocycles. The third-order valence-corrected chi connectivity index (χ3v) is 14.3. The van der Waals surface area contributed by atoms with E-state index in [4.69, 9.17) is 0 Å². The Morgan fingerprint density at radius 1 is 0.316 bits per heavy atom. The minimum Gasteiger partial charge on any atom is -0.363 e. The van der Waals surface area contributed by atoms with Crippen LogP contribution in [-0.4, -0.2) is 12.4 Å². The Balaban J connectivity index is 0.000000236. The number of benzene rings is 8. The highest BCUT2D eigenvalue weighted by molar-refractivity contribution is 8.01. The van der Waals surface area contributed by atoms with Gasteiger partial charge in [-0.2, -0.15) is 0 Å². The largest absolute Gasteiger partial charge is 0.363 e. The molecule has 1 unspecified atom stereocenters. The molecule has 0 spiro atoms. The molecule has 0 aliphatic rings. The monoisotopic (exact) mass is 1110 g/mol. The minimum atomic E-state index is -7.22. The van der Waals surface area contributed by atoms with E-state index in [0.29, 0.717) is 5.75 Å². The molecular weight excluding hydrogens is 1080 g/mol. The molecule has 8 aromatic rings. The van der Waals surface area contributed by atoms with Gasteiger partial charge in [0.1, 0.15) is 74.6 Å².